The average Bonchev–Trinajstić information content (AvgIpc) is 3.16. The summed E-state index contributed by atoms with van der Waals surface area (Å²) in [6, 6.07) is 15.0. The number of amides is 2. The van der Waals surface area contributed by atoms with Crippen molar-refractivity contribution < 1.29 is 9.59 Å². The maximum atomic E-state index is 12.5. The fourth-order valence-electron chi connectivity index (χ4n) is 4.03. The number of nitrogens with zero attached hydrogens (tertiary/aromatic N) is 3. The molecule has 0 saturated carbocycles. The first-order valence-corrected chi connectivity index (χ1v) is 11.7. The van der Waals surface area contributed by atoms with Gasteiger partial charge in [-0.25, -0.2) is 9.97 Å². The Morgan fingerprint density at radius 1 is 1.03 bits per heavy atom. The van der Waals surface area contributed by atoms with Crippen LogP contribution in [0.4, 0.5) is 11.5 Å². The number of carbonyl (C=O) groups excluding carboxylic acids is 2. The Hall–Kier alpha value is -4.46. The SMILES string of the molecule is C=C(C)C(=O)Nc1ccc(-c2c(-c3ccc(C(=O)NCC(C)C)cc3)c3c(N)ncnc3n2C)cc1. The van der Waals surface area contributed by atoms with E-state index in [1.165, 1.54) is 6.33 Å². The number of carbonyl (C=O) groups is 2. The zero-order valence-electron chi connectivity index (χ0n) is 20.9. The second-order valence-electron chi connectivity index (χ2n) is 9.23. The number of fused-ring (bicyclic) bond motifs is 1. The van der Waals surface area contributed by atoms with Crippen molar-refractivity contribution in [2.75, 3.05) is 17.6 Å². The molecule has 0 radical (unpaired) electrons. The Morgan fingerprint density at radius 2 is 1.67 bits per heavy atom. The summed E-state index contributed by atoms with van der Waals surface area (Å²) in [4.78, 5) is 33.2. The summed E-state index contributed by atoms with van der Waals surface area (Å²) in [6.07, 6.45) is 1.45. The average molecular weight is 483 g/mol. The summed E-state index contributed by atoms with van der Waals surface area (Å²) in [7, 11) is 1.93. The molecular formula is C28H30N6O2. The van der Waals surface area contributed by atoms with Gasteiger partial charge >= 0.3 is 0 Å². The molecule has 0 aliphatic carbocycles. The topological polar surface area (TPSA) is 115 Å². The van der Waals surface area contributed by atoms with E-state index in [0.29, 0.717) is 40.8 Å². The molecular weight excluding hydrogens is 452 g/mol. The maximum absolute atomic E-state index is 12.5. The van der Waals surface area contributed by atoms with Gasteiger partial charge in [0.1, 0.15) is 17.8 Å². The predicted octanol–water partition coefficient (Wildman–Crippen LogP) is 4.78. The van der Waals surface area contributed by atoms with Crippen molar-refractivity contribution >= 4 is 34.4 Å². The Morgan fingerprint density at radius 3 is 2.28 bits per heavy atom. The molecule has 0 saturated heterocycles. The van der Waals surface area contributed by atoms with Crippen molar-refractivity contribution in [3.05, 3.63) is 72.6 Å². The number of benzene rings is 2. The van der Waals surface area contributed by atoms with Crippen LogP contribution in [0.3, 0.4) is 0 Å². The number of hydrogen-bond acceptors (Lipinski definition) is 5. The Labute approximate surface area is 210 Å². The Kier molecular flexibility index (Phi) is 6.87. The van der Waals surface area contributed by atoms with E-state index in [-0.39, 0.29) is 11.8 Å². The first-order chi connectivity index (χ1) is 17.2. The normalized spacial score (nSPS) is 11.0. The number of anilines is 2. The quantitative estimate of drug-likeness (QED) is 0.328. The van der Waals surface area contributed by atoms with E-state index in [1.807, 2.05) is 60.1 Å². The molecule has 184 valence electrons. The van der Waals surface area contributed by atoms with Crippen molar-refractivity contribution in [2.45, 2.75) is 20.8 Å². The molecule has 2 aromatic carbocycles. The van der Waals surface area contributed by atoms with Crippen LogP contribution in [0, 0.1) is 5.92 Å². The third-order valence-electron chi connectivity index (χ3n) is 5.91. The molecule has 36 heavy (non-hydrogen) atoms. The molecule has 4 N–H and O–H groups in total. The van der Waals surface area contributed by atoms with Crippen molar-refractivity contribution in [3.8, 4) is 22.4 Å². The fraction of sp³-hybridized carbons (Fsp3) is 0.214. The van der Waals surface area contributed by atoms with Gasteiger partial charge in [-0.3, -0.25) is 9.59 Å². The summed E-state index contributed by atoms with van der Waals surface area (Å²) in [6.45, 7) is 10.1. The van der Waals surface area contributed by atoms with Crippen LogP contribution in [0.5, 0.6) is 0 Å². The number of rotatable bonds is 7. The second kappa shape index (κ2) is 10.0. The zero-order valence-corrected chi connectivity index (χ0v) is 20.9. The number of hydrogen-bond donors (Lipinski definition) is 3. The molecule has 2 heterocycles. The van der Waals surface area contributed by atoms with Crippen molar-refractivity contribution in [2.24, 2.45) is 13.0 Å². The number of aryl methyl sites for hydroxylation is 1. The standard InChI is InChI=1S/C28H30N6O2/c1-16(2)14-30-28(36)20-8-6-18(7-9-20)22-23-25(29)31-15-32-26(23)34(5)24(22)19-10-12-21(13-11-19)33-27(35)17(3)4/h6-13,15-16H,3,14H2,1-2,4-5H3,(H,30,36)(H,33,35)(H2,29,31,32). The number of nitrogen functional groups attached to an aromatic ring is 1. The van der Waals surface area contributed by atoms with Gasteiger partial charge in [-0.2, -0.15) is 0 Å². The van der Waals surface area contributed by atoms with E-state index in [2.05, 4.69) is 41.0 Å². The second-order valence-corrected chi connectivity index (χ2v) is 9.23. The lowest BCUT2D eigenvalue weighted by Crippen LogP contribution is -2.27. The van der Waals surface area contributed by atoms with Crippen LogP contribution in [0.2, 0.25) is 0 Å². The van der Waals surface area contributed by atoms with Gasteiger partial charge in [-0.1, -0.05) is 44.7 Å². The summed E-state index contributed by atoms with van der Waals surface area (Å²) >= 11 is 0. The zero-order chi connectivity index (χ0) is 26.0. The van der Waals surface area contributed by atoms with Gasteiger partial charge in [0.25, 0.3) is 11.8 Å². The third kappa shape index (κ3) is 4.84. The van der Waals surface area contributed by atoms with Gasteiger partial charge in [0.05, 0.1) is 11.1 Å². The molecule has 4 aromatic rings. The summed E-state index contributed by atoms with van der Waals surface area (Å²) in [5, 5.41) is 6.51. The third-order valence-corrected chi connectivity index (χ3v) is 5.91. The lowest BCUT2D eigenvalue weighted by molar-refractivity contribution is -0.112. The van der Waals surface area contributed by atoms with Crippen molar-refractivity contribution in [1.29, 1.82) is 0 Å². The van der Waals surface area contributed by atoms with Crippen molar-refractivity contribution in [1.82, 2.24) is 19.9 Å². The van der Waals surface area contributed by atoms with E-state index in [0.717, 1.165) is 27.8 Å². The van der Waals surface area contributed by atoms with Crippen LogP contribution in [-0.4, -0.2) is 32.9 Å². The number of aromatic nitrogens is 3. The highest BCUT2D eigenvalue weighted by molar-refractivity contribution is 6.08. The minimum atomic E-state index is -0.228. The molecule has 0 aliphatic rings. The molecule has 4 rings (SSSR count). The first kappa shape index (κ1) is 24.7. The summed E-state index contributed by atoms with van der Waals surface area (Å²) in [5.41, 5.74) is 12.3. The molecule has 0 spiro atoms. The summed E-state index contributed by atoms with van der Waals surface area (Å²) in [5.74, 6) is 0.410. The van der Waals surface area contributed by atoms with E-state index >= 15 is 0 Å². The minimum absolute atomic E-state index is 0.108. The molecule has 0 unspecified atom stereocenters. The van der Waals surface area contributed by atoms with E-state index in [1.54, 1.807) is 6.92 Å². The molecule has 0 aliphatic heterocycles. The maximum Gasteiger partial charge on any atom is 0.251 e. The van der Waals surface area contributed by atoms with Crippen LogP contribution >= 0.6 is 0 Å². The Bertz CT molecular complexity index is 1450. The van der Waals surface area contributed by atoms with Crippen LogP contribution in [0.15, 0.2) is 67.0 Å². The fourth-order valence-corrected chi connectivity index (χ4v) is 4.03. The molecule has 0 atom stereocenters. The predicted molar refractivity (Wildman–Crippen MR) is 144 cm³/mol. The van der Waals surface area contributed by atoms with Gasteiger partial charge in [-0.15, -0.1) is 0 Å². The molecule has 2 aromatic heterocycles. The van der Waals surface area contributed by atoms with Crippen LogP contribution in [-0.2, 0) is 11.8 Å². The summed E-state index contributed by atoms with van der Waals surface area (Å²) < 4.78 is 1.98. The van der Waals surface area contributed by atoms with E-state index in [4.69, 9.17) is 5.73 Å². The highest BCUT2D eigenvalue weighted by atomic mass is 16.2. The minimum Gasteiger partial charge on any atom is -0.383 e. The first-order valence-electron chi connectivity index (χ1n) is 11.7. The Balaban J connectivity index is 1.79. The van der Waals surface area contributed by atoms with E-state index in [9.17, 15) is 9.59 Å². The molecule has 8 nitrogen and oxygen atoms in total. The van der Waals surface area contributed by atoms with Crippen LogP contribution in [0.25, 0.3) is 33.4 Å². The van der Waals surface area contributed by atoms with Gasteiger partial charge in [0, 0.05) is 36.0 Å². The van der Waals surface area contributed by atoms with Crippen molar-refractivity contribution in [3.63, 3.8) is 0 Å². The highest BCUT2D eigenvalue weighted by Gasteiger charge is 2.22. The van der Waals surface area contributed by atoms with E-state index < -0.39 is 0 Å². The van der Waals surface area contributed by atoms with Gasteiger partial charge in [0.15, 0.2) is 0 Å². The molecule has 0 bridgehead atoms. The molecule has 0 fully saturated rings. The number of nitrogens with one attached hydrogen (secondary N) is 2. The highest BCUT2D eigenvalue weighted by Crippen LogP contribution is 2.41. The van der Waals surface area contributed by atoms with Gasteiger partial charge < -0.3 is 20.9 Å². The molecule has 2 amide bonds. The van der Waals surface area contributed by atoms with Gasteiger partial charge in [0.2, 0.25) is 0 Å². The van der Waals surface area contributed by atoms with Crippen LogP contribution in [0.1, 0.15) is 31.1 Å². The van der Waals surface area contributed by atoms with Gasteiger partial charge in [-0.05, 0) is 48.2 Å². The number of nitrogens with two attached hydrogens (primary N) is 1. The monoisotopic (exact) mass is 482 g/mol. The van der Waals surface area contributed by atoms with Crippen LogP contribution < -0.4 is 16.4 Å². The lowest BCUT2D eigenvalue weighted by atomic mass is 9.97. The lowest BCUT2D eigenvalue weighted by Gasteiger charge is -2.11. The largest absolute Gasteiger partial charge is 0.383 e. The molecule has 8 heteroatoms. The smallest absolute Gasteiger partial charge is 0.251 e.